The molecule has 19 heavy (non-hydrogen) atoms. The average molecular weight is 282 g/mol. The molecule has 1 aliphatic carbocycles. The van der Waals surface area contributed by atoms with Gasteiger partial charge in [-0.15, -0.1) is 0 Å². The standard InChI is InChI=1S/C14H22N2O2S/c1-11-7-13(11)10-16(3)19(17,18)14-6-4-5-12(8-14)9-15-2/h4-6,8,11,13,15H,7,9-10H2,1-3H3. The first-order valence-corrected chi connectivity index (χ1v) is 8.09. The Labute approximate surface area is 115 Å². The summed E-state index contributed by atoms with van der Waals surface area (Å²) < 4.78 is 26.4. The maximum absolute atomic E-state index is 12.5. The van der Waals surface area contributed by atoms with E-state index in [0.717, 1.165) is 12.0 Å². The van der Waals surface area contributed by atoms with Gasteiger partial charge < -0.3 is 5.32 Å². The highest BCUT2D eigenvalue weighted by Gasteiger charge is 2.36. The average Bonchev–Trinajstić information content (AvgIpc) is 3.05. The molecule has 5 heteroatoms. The fourth-order valence-electron chi connectivity index (χ4n) is 2.28. The predicted molar refractivity (Wildman–Crippen MR) is 76.3 cm³/mol. The SMILES string of the molecule is CNCc1cccc(S(=O)(=O)N(C)CC2CC2C)c1. The van der Waals surface area contributed by atoms with Gasteiger partial charge in [0.05, 0.1) is 4.90 Å². The molecular weight excluding hydrogens is 260 g/mol. The van der Waals surface area contributed by atoms with Crippen LogP contribution in [0.15, 0.2) is 29.2 Å². The zero-order valence-corrected chi connectivity index (χ0v) is 12.6. The van der Waals surface area contributed by atoms with Crippen molar-refractivity contribution >= 4 is 10.0 Å². The topological polar surface area (TPSA) is 49.4 Å². The van der Waals surface area contributed by atoms with Crippen LogP contribution in [0.5, 0.6) is 0 Å². The van der Waals surface area contributed by atoms with E-state index in [1.807, 2.05) is 13.1 Å². The van der Waals surface area contributed by atoms with E-state index in [0.29, 0.717) is 29.8 Å². The third-order valence-corrected chi connectivity index (χ3v) is 5.57. The van der Waals surface area contributed by atoms with Crippen LogP contribution in [-0.4, -0.2) is 33.4 Å². The Hall–Kier alpha value is -0.910. The van der Waals surface area contributed by atoms with E-state index in [2.05, 4.69) is 12.2 Å². The molecule has 2 unspecified atom stereocenters. The Morgan fingerprint density at radius 1 is 1.42 bits per heavy atom. The first-order chi connectivity index (χ1) is 8.95. The van der Waals surface area contributed by atoms with Gasteiger partial charge in [0, 0.05) is 20.1 Å². The van der Waals surface area contributed by atoms with Gasteiger partial charge >= 0.3 is 0 Å². The monoisotopic (exact) mass is 282 g/mol. The summed E-state index contributed by atoms with van der Waals surface area (Å²) in [4.78, 5) is 0.385. The van der Waals surface area contributed by atoms with E-state index in [4.69, 9.17) is 0 Å². The van der Waals surface area contributed by atoms with Gasteiger partial charge in [-0.1, -0.05) is 19.1 Å². The third kappa shape index (κ3) is 3.35. The number of rotatable bonds is 6. The summed E-state index contributed by atoms with van der Waals surface area (Å²) in [5.41, 5.74) is 0.983. The van der Waals surface area contributed by atoms with Crippen LogP contribution in [0.3, 0.4) is 0 Å². The number of sulfonamides is 1. The molecule has 2 rings (SSSR count). The summed E-state index contributed by atoms with van der Waals surface area (Å²) in [5, 5.41) is 3.03. The molecule has 1 aliphatic rings. The summed E-state index contributed by atoms with van der Waals surface area (Å²) in [6.07, 6.45) is 1.14. The van der Waals surface area contributed by atoms with Crippen molar-refractivity contribution in [3.05, 3.63) is 29.8 Å². The molecule has 106 valence electrons. The molecule has 0 aromatic heterocycles. The van der Waals surface area contributed by atoms with Gasteiger partial charge in [-0.05, 0) is 43.0 Å². The lowest BCUT2D eigenvalue weighted by atomic mass is 10.2. The predicted octanol–water partition coefficient (Wildman–Crippen LogP) is 1.68. The van der Waals surface area contributed by atoms with Crippen molar-refractivity contribution in [2.24, 2.45) is 11.8 Å². The number of hydrogen-bond donors (Lipinski definition) is 1. The van der Waals surface area contributed by atoms with Crippen molar-refractivity contribution in [1.82, 2.24) is 9.62 Å². The lowest BCUT2D eigenvalue weighted by Gasteiger charge is -2.17. The first kappa shape index (κ1) is 14.5. The Kier molecular flexibility index (Phi) is 4.28. The van der Waals surface area contributed by atoms with Crippen LogP contribution in [0.25, 0.3) is 0 Å². The van der Waals surface area contributed by atoms with Crippen LogP contribution < -0.4 is 5.32 Å². The number of benzene rings is 1. The fraction of sp³-hybridized carbons (Fsp3) is 0.571. The maximum Gasteiger partial charge on any atom is 0.242 e. The van der Waals surface area contributed by atoms with E-state index in [1.54, 1.807) is 25.2 Å². The van der Waals surface area contributed by atoms with Gasteiger partial charge in [0.2, 0.25) is 10.0 Å². The van der Waals surface area contributed by atoms with E-state index >= 15 is 0 Å². The van der Waals surface area contributed by atoms with Gasteiger partial charge in [-0.25, -0.2) is 12.7 Å². The van der Waals surface area contributed by atoms with Crippen LogP contribution in [0.2, 0.25) is 0 Å². The molecule has 1 aromatic carbocycles. The second-order valence-electron chi connectivity index (χ2n) is 5.44. The molecule has 1 aromatic rings. The second-order valence-corrected chi connectivity index (χ2v) is 7.48. The van der Waals surface area contributed by atoms with Gasteiger partial charge in [-0.2, -0.15) is 0 Å². The summed E-state index contributed by atoms with van der Waals surface area (Å²) in [5.74, 6) is 1.19. The highest BCUT2D eigenvalue weighted by molar-refractivity contribution is 7.89. The molecule has 0 amide bonds. The van der Waals surface area contributed by atoms with Crippen LogP contribution in [0.4, 0.5) is 0 Å². The van der Waals surface area contributed by atoms with Gasteiger partial charge in [0.15, 0.2) is 0 Å². The number of hydrogen-bond acceptors (Lipinski definition) is 3. The van der Waals surface area contributed by atoms with Crippen molar-refractivity contribution < 1.29 is 8.42 Å². The van der Waals surface area contributed by atoms with Crippen molar-refractivity contribution in [2.45, 2.75) is 24.8 Å². The normalized spacial score (nSPS) is 22.7. The zero-order valence-electron chi connectivity index (χ0n) is 11.8. The van der Waals surface area contributed by atoms with Crippen molar-refractivity contribution in [2.75, 3.05) is 20.6 Å². The molecular formula is C14H22N2O2S. The zero-order chi connectivity index (χ0) is 14.0. The van der Waals surface area contributed by atoms with Gasteiger partial charge in [0.1, 0.15) is 0 Å². The lowest BCUT2D eigenvalue weighted by Crippen LogP contribution is -2.29. The minimum absolute atomic E-state index is 0.385. The van der Waals surface area contributed by atoms with Gasteiger partial charge in [0.25, 0.3) is 0 Å². The third-order valence-electron chi connectivity index (χ3n) is 3.76. The molecule has 4 nitrogen and oxygen atoms in total. The number of nitrogens with one attached hydrogen (secondary N) is 1. The largest absolute Gasteiger partial charge is 0.316 e. The molecule has 2 atom stereocenters. The summed E-state index contributed by atoms with van der Waals surface area (Å²) in [7, 11) is 0.168. The summed E-state index contributed by atoms with van der Waals surface area (Å²) in [6, 6.07) is 7.14. The number of nitrogens with zero attached hydrogens (tertiary/aromatic N) is 1. The summed E-state index contributed by atoms with van der Waals surface area (Å²) >= 11 is 0. The quantitative estimate of drug-likeness (QED) is 0.863. The Balaban J connectivity index is 2.15. The molecule has 1 N–H and O–H groups in total. The van der Waals surface area contributed by atoms with Crippen molar-refractivity contribution in [1.29, 1.82) is 0 Å². The minimum atomic E-state index is -3.35. The lowest BCUT2D eigenvalue weighted by molar-refractivity contribution is 0.444. The first-order valence-electron chi connectivity index (χ1n) is 6.65. The summed E-state index contributed by atoms with van der Waals surface area (Å²) in [6.45, 7) is 3.46. The van der Waals surface area contributed by atoms with Gasteiger partial charge in [-0.3, -0.25) is 0 Å². The highest BCUT2D eigenvalue weighted by atomic mass is 32.2. The molecule has 0 aliphatic heterocycles. The van der Waals surface area contributed by atoms with Crippen LogP contribution >= 0.6 is 0 Å². The van der Waals surface area contributed by atoms with Crippen LogP contribution in [0.1, 0.15) is 18.9 Å². The smallest absolute Gasteiger partial charge is 0.242 e. The van der Waals surface area contributed by atoms with E-state index in [1.165, 1.54) is 4.31 Å². The molecule has 0 saturated heterocycles. The van der Waals surface area contributed by atoms with E-state index < -0.39 is 10.0 Å². The molecule has 0 radical (unpaired) electrons. The molecule has 0 bridgehead atoms. The van der Waals surface area contributed by atoms with E-state index in [9.17, 15) is 8.42 Å². The second kappa shape index (κ2) is 5.61. The molecule has 0 spiro atoms. The Morgan fingerprint density at radius 3 is 2.68 bits per heavy atom. The van der Waals surface area contributed by atoms with Crippen molar-refractivity contribution in [3.63, 3.8) is 0 Å². The molecule has 1 saturated carbocycles. The van der Waals surface area contributed by atoms with Crippen LogP contribution in [0, 0.1) is 11.8 Å². The minimum Gasteiger partial charge on any atom is -0.316 e. The van der Waals surface area contributed by atoms with E-state index in [-0.39, 0.29) is 0 Å². The molecule has 1 fully saturated rings. The Morgan fingerprint density at radius 2 is 2.11 bits per heavy atom. The van der Waals surface area contributed by atoms with Crippen molar-refractivity contribution in [3.8, 4) is 0 Å². The maximum atomic E-state index is 12.5. The molecule has 0 heterocycles. The Bertz CT molecular complexity index is 542. The van der Waals surface area contributed by atoms with Crippen LogP contribution in [-0.2, 0) is 16.6 Å². The highest BCUT2D eigenvalue weighted by Crippen LogP contribution is 2.38. The fourth-order valence-corrected chi connectivity index (χ4v) is 3.58.